The van der Waals surface area contributed by atoms with E-state index in [0.717, 1.165) is 13.0 Å². The summed E-state index contributed by atoms with van der Waals surface area (Å²) < 4.78 is 38.0. The fourth-order valence-electron chi connectivity index (χ4n) is 2.17. The van der Waals surface area contributed by atoms with Crippen LogP contribution in [-0.2, 0) is 0 Å². The van der Waals surface area contributed by atoms with Crippen LogP contribution in [0.3, 0.4) is 0 Å². The van der Waals surface area contributed by atoms with E-state index in [2.05, 4.69) is 0 Å². The van der Waals surface area contributed by atoms with E-state index in [0.29, 0.717) is 13.0 Å². The summed E-state index contributed by atoms with van der Waals surface area (Å²) in [4.78, 5) is 1.88. The Morgan fingerprint density at radius 3 is 2.46 bits per heavy atom. The SMILES string of the molecule is F[C@@H]1CCCN(C2CC(F)(F)C2)C1. The lowest BCUT2D eigenvalue weighted by molar-refractivity contribution is -0.130. The smallest absolute Gasteiger partial charge is 0.251 e. The highest BCUT2D eigenvalue weighted by Gasteiger charge is 2.48. The third-order valence-electron chi connectivity index (χ3n) is 2.98. The van der Waals surface area contributed by atoms with Gasteiger partial charge in [0.1, 0.15) is 6.17 Å². The summed E-state index contributed by atoms with van der Waals surface area (Å²) in [5.74, 6) is -2.48. The Hall–Kier alpha value is -0.250. The zero-order chi connectivity index (χ0) is 9.47. The average Bonchev–Trinajstić information content (AvgIpc) is 2.00. The fourth-order valence-corrected chi connectivity index (χ4v) is 2.17. The maximum atomic E-state index is 12.9. The maximum Gasteiger partial charge on any atom is 0.251 e. The van der Waals surface area contributed by atoms with Crippen molar-refractivity contribution >= 4 is 0 Å². The molecule has 1 aliphatic heterocycles. The molecular formula is C9H14F3N. The molecule has 0 radical (unpaired) electrons. The molecule has 0 unspecified atom stereocenters. The van der Waals surface area contributed by atoms with Gasteiger partial charge < -0.3 is 0 Å². The van der Waals surface area contributed by atoms with Crippen LogP contribution in [0.25, 0.3) is 0 Å². The Morgan fingerprint density at radius 2 is 1.92 bits per heavy atom. The molecule has 4 heteroatoms. The topological polar surface area (TPSA) is 3.24 Å². The first-order valence-corrected chi connectivity index (χ1v) is 4.83. The molecule has 1 saturated carbocycles. The van der Waals surface area contributed by atoms with Crippen molar-refractivity contribution in [2.24, 2.45) is 0 Å². The number of nitrogens with zero attached hydrogens (tertiary/aromatic N) is 1. The number of halogens is 3. The average molecular weight is 193 g/mol. The number of alkyl halides is 3. The number of likely N-dealkylation sites (tertiary alicyclic amines) is 1. The quantitative estimate of drug-likeness (QED) is 0.617. The first-order valence-electron chi connectivity index (χ1n) is 4.83. The molecule has 1 aliphatic carbocycles. The zero-order valence-corrected chi connectivity index (χ0v) is 7.48. The fraction of sp³-hybridized carbons (Fsp3) is 1.00. The van der Waals surface area contributed by atoms with E-state index in [9.17, 15) is 13.2 Å². The molecule has 0 aromatic carbocycles. The molecule has 0 aromatic heterocycles. The van der Waals surface area contributed by atoms with Gasteiger partial charge in [0.05, 0.1) is 0 Å². The molecule has 0 spiro atoms. The van der Waals surface area contributed by atoms with Gasteiger partial charge in [-0.05, 0) is 19.4 Å². The molecule has 0 bridgehead atoms. The van der Waals surface area contributed by atoms with E-state index in [4.69, 9.17) is 0 Å². The number of piperidine rings is 1. The first-order chi connectivity index (χ1) is 6.07. The van der Waals surface area contributed by atoms with Gasteiger partial charge in [0.15, 0.2) is 0 Å². The lowest BCUT2D eigenvalue weighted by Crippen LogP contribution is -2.54. The Morgan fingerprint density at radius 1 is 1.23 bits per heavy atom. The molecule has 0 amide bonds. The minimum absolute atomic E-state index is 0.0615. The van der Waals surface area contributed by atoms with E-state index in [1.54, 1.807) is 0 Å². The summed E-state index contributed by atoms with van der Waals surface area (Å²) in [6.07, 6.45) is 0.463. The summed E-state index contributed by atoms with van der Waals surface area (Å²) >= 11 is 0. The highest BCUT2D eigenvalue weighted by molar-refractivity contribution is 4.94. The number of hydrogen-bond donors (Lipinski definition) is 0. The number of hydrogen-bond acceptors (Lipinski definition) is 1. The van der Waals surface area contributed by atoms with E-state index in [-0.39, 0.29) is 18.9 Å². The third-order valence-corrected chi connectivity index (χ3v) is 2.98. The summed E-state index contributed by atoms with van der Waals surface area (Å²) in [7, 11) is 0. The predicted molar refractivity (Wildman–Crippen MR) is 43.7 cm³/mol. The molecule has 0 aromatic rings. The normalized spacial score (nSPS) is 35.8. The summed E-state index contributed by atoms with van der Waals surface area (Å²) in [5, 5.41) is 0. The van der Waals surface area contributed by atoms with Crippen LogP contribution in [-0.4, -0.2) is 36.1 Å². The Balaban J connectivity index is 1.82. The molecule has 1 heterocycles. The predicted octanol–water partition coefficient (Wildman–Crippen LogP) is 2.22. The zero-order valence-electron chi connectivity index (χ0n) is 7.48. The minimum atomic E-state index is -2.48. The minimum Gasteiger partial charge on any atom is -0.297 e. The van der Waals surface area contributed by atoms with Crippen molar-refractivity contribution in [1.82, 2.24) is 4.90 Å². The van der Waals surface area contributed by atoms with Crippen molar-refractivity contribution in [2.75, 3.05) is 13.1 Å². The molecule has 0 N–H and O–H groups in total. The van der Waals surface area contributed by atoms with Gasteiger partial charge in [0, 0.05) is 25.4 Å². The van der Waals surface area contributed by atoms with Crippen molar-refractivity contribution in [3.63, 3.8) is 0 Å². The van der Waals surface area contributed by atoms with Gasteiger partial charge >= 0.3 is 0 Å². The monoisotopic (exact) mass is 193 g/mol. The van der Waals surface area contributed by atoms with Gasteiger partial charge in [-0.3, -0.25) is 4.90 Å². The van der Waals surface area contributed by atoms with Crippen molar-refractivity contribution in [3.05, 3.63) is 0 Å². The van der Waals surface area contributed by atoms with Crippen LogP contribution in [0.2, 0.25) is 0 Å². The van der Waals surface area contributed by atoms with E-state index in [1.165, 1.54) is 0 Å². The van der Waals surface area contributed by atoms with Gasteiger partial charge in [-0.2, -0.15) is 0 Å². The van der Waals surface area contributed by atoms with E-state index >= 15 is 0 Å². The van der Waals surface area contributed by atoms with Gasteiger partial charge in [-0.25, -0.2) is 13.2 Å². The lowest BCUT2D eigenvalue weighted by atomic mass is 9.85. The van der Waals surface area contributed by atoms with Crippen LogP contribution in [0.1, 0.15) is 25.7 Å². The second kappa shape index (κ2) is 3.15. The molecule has 1 atom stereocenters. The van der Waals surface area contributed by atoms with Crippen molar-refractivity contribution in [3.8, 4) is 0 Å². The highest BCUT2D eigenvalue weighted by atomic mass is 19.3. The van der Waals surface area contributed by atoms with Gasteiger partial charge in [-0.1, -0.05) is 0 Å². The molecule has 1 nitrogen and oxygen atoms in total. The van der Waals surface area contributed by atoms with E-state index < -0.39 is 12.1 Å². The van der Waals surface area contributed by atoms with Crippen LogP contribution in [0.5, 0.6) is 0 Å². The Kier molecular flexibility index (Phi) is 2.26. The largest absolute Gasteiger partial charge is 0.297 e. The molecule has 1 saturated heterocycles. The molecular weight excluding hydrogens is 179 g/mol. The van der Waals surface area contributed by atoms with Crippen molar-refractivity contribution in [1.29, 1.82) is 0 Å². The molecule has 13 heavy (non-hydrogen) atoms. The molecule has 76 valence electrons. The molecule has 2 aliphatic rings. The summed E-state index contributed by atoms with van der Waals surface area (Å²) in [5.41, 5.74) is 0. The summed E-state index contributed by atoms with van der Waals surface area (Å²) in [6.45, 7) is 1.15. The van der Waals surface area contributed by atoms with Crippen molar-refractivity contribution in [2.45, 2.75) is 43.8 Å². The Labute approximate surface area is 75.9 Å². The maximum absolute atomic E-state index is 12.9. The van der Waals surface area contributed by atoms with Crippen LogP contribution in [0, 0.1) is 0 Å². The van der Waals surface area contributed by atoms with Gasteiger partial charge in [0.25, 0.3) is 5.92 Å². The molecule has 2 fully saturated rings. The second-order valence-electron chi connectivity index (χ2n) is 4.15. The van der Waals surface area contributed by atoms with E-state index in [1.807, 2.05) is 4.90 Å². The van der Waals surface area contributed by atoms with Gasteiger partial charge in [-0.15, -0.1) is 0 Å². The first kappa shape index (κ1) is 9.31. The standard InChI is InChI=1S/C9H14F3N/c10-7-2-1-3-13(6-7)8-4-9(11,12)5-8/h7-8H,1-6H2/t7-/m1/s1. The third kappa shape index (κ3) is 1.98. The molecule has 2 rings (SSSR count). The number of rotatable bonds is 1. The lowest BCUT2D eigenvalue weighted by Gasteiger charge is -2.44. The highest BCUT2D eigenvalue weighted by Crippen LogP contribution is 2.41. The Bertz CT molecular complexity index is 187. The van der Waals surface area contributed by atoms with Crippen LogP contribution >= 0.6 is 0 Å². The van der Waals surface area contributed by atoms with Crippen LogP contribution in [0.15, 0.2) is 0 Å². The van der Waals surface area contributed by atoms with Gasteiger partial charge in [0.2, 0.25) is 0 Å². The second-order valence-corrected chi connectivity index (χ2v) is 4.15. The summed E-state index contributed by atoms with van der Waals surface area (Å²) in [6, 6.07) is -0.0615. The van der Waals surface area contributed by atoms with Crippen LogP contribution < -0.4 is 0 Å². The van der Waals surface area contributed by atoms with Crippen LogP contribution in [0.4, 0.5) is 13.2 Å². The van der Waals surface area contributed by atoms with Crippen molar-refractivity contribution < 1.29 is 13.2 Å².